The fourth-order valence-corrected chi connectivity index (χ4v) is 3.35. The zero-order valence-corrected chi connectivity index (χ0v) is 15.6. The van der Waals surface area contributed by atoms with Crippen LogP contribution in [0.15, 0.2) is 53.8 Å². The molecule has 0 saturated carbocycles. The predicted molar refractivity (Wildman–Crippen MR) is 108 cm³/mol. The van der Waals surface area contributed by atoms with Crippen molar-refractivity contribution in [2.45, 2.75) is 6.54 Å². The van der Waals surface area contributed by atoms with Crippen LogP contribution < -0.4 is 15.2 Å². The zero-order valence-electron chi connectivity index (χ0n) is 15.6. The highest BCUT2D eigenvalue weighted by molar-refractivity contribution is 5.92. The molecule has 3 aromatic heterocycles. The predicted octanol–water partition coefficient (Wildman–Crippen LogP) is 2.68. The minimum Gasteiger partial charge on any atom is -0.493 e. The molecule has 0 atom stereocenters. The number of nitrogens with one attached hydrogen (secondary N) is 3. The second-order valence-electron chi connectivity index (χ2n) is 6.57. The average molecular weight is 390 g/mol. The molecule has 0 radical (unpaired) electrons. The van der Waals surface area contributed by atoms with E-state index < -0.39 is 0 Å². The van der Waals surface area contributed by atoms with Gasteiger partial charge in [-0.05, 0) is 24.3 Å². The lowest BCUT2D eigenvalue weighted by Crippen LogP contribution is -2.08. The number of H-pyrrole nitrogens is 3. The second-order valence-corrected chi connectivity index (χ2v) is 6.57. The first kappa shape index (κ1) is 17.1. The standard InChI is InChI=1S/C20H18N6O3/c1-28-17-4-2-3-12(18(17)29-8-7-26-6-5-21-11-26)19-22-13-9-15-16(10-14(13)23-19)25-20(27)24-15/h2-6,9-11H,7-8H2,1H3,(H,22,23)(H2,24,25,27). The van der Waals surface area contributed by atoms with Gasteiger partial charge < -0.3 is 29.0 Å². The van der Waals surface area contributed by atoms with E-state index in [0.29, 0.717) is 36.0 Å². The van der Waals surface area contributed by atoms with Crippen molar-refractivity contribution >= 4 is 22.1 Å². The highest BCUT2D eigenvalue weighted by Gasteiger charge is 2.16. The topological polar surface area (TPSA) is 114 Å². The average Bonchev–Trinajstić information content (AvgIpc) is 3.44. The Labute approximate surface area is 164 Å². The summed E-state index contributed by atoms with van der Waals surface area (Å²) in [5.41, 5.74) is 3.55. The molecule has 0 aliphatic heterocycles. The Morgan fingerprint density at radius 2 is 1.97 bits per heavy atom. The SMILES string of the molecule is COc1cccc(-c2nc3cc4[nH]c(=O)[nH]c4cc3[nH]2)c1OCCn1ccnc1. The van der Waals surface area contributed by atoms with Crippen LogP contribution in [0.3, 0.4) is 0 Å². The van der Waals surface area contributed by atoms with E-state index in [-0.39, 0.29) is 5.69 Å². The number of methoxy groups -OCH3 is 1. The molecular weight excluding hydrogens is 372 g/mol. The normalized spacial score (nSPS) is 11.3. The molecule has 9 heteroatoms. The van der Waals surface area contributed by atoms with Crippen molar-refractivity contribution in [2.24, 2.45) is 0 Å². The molecule has 5 aromatic rings. The van der Waals surface area contributed by atoms with E-state index >= 15 is 0 Å². The highest BCUT2D eigenvalue weighted by Crippen LogP contribution is 2.37. The van der Waals surface area contributed by atoms with Gasteiger partial charge in [-0.15, -0.1) is 0 Å². The minimum absolute atomic E-state index is 0.241. The quantitative estimate of drug-likeness (QED) is 0.412. The van der Waals surface area contributed by atoms with Gasteiger partial charge in [0.25, 0.3) is 0 Å². The van der Waals surface area contributed by atoms with E-state index in [0.717, 1.165) is 22.1 Å². The smallest absolute Gasteiger partial charge is 0.323 e. The zero-order chi connectivity index (χ0) is 19.8. The van der Waals surface area contributed by atoms with Crippen LogP contribution in [0, 0.1) is 0 Å². The highest BCUT2D eigenvalue weighted by atomic mass is 16.5. The molecule has 0 saturated heterocycles. The van der Waals surface area contributed by atoms with Crippen molar-refractivity contribution in [3.8, 4) is 22.9 Å². The number of hydrogen-bond acceptors (Lipinski definition) is 5. The third kappa shape index (κ3) is 3.12. The Morgan fingerprint density at radius 1 is 1.10 bits per heavy atom. The summed E-state index contributed by atoms with van der Waals surface area (Å²) in [4.78, 5) is 29.1. The summed E-state index contributed by atoms with van der Waals surface area (Å²) in [6.45, 7) is 1.11. The molecule has 2 aromatic carbocycles. The Hall–Kier alpha value is -4.01. The monoisotopic (exact) mass is 390 g/mol. The second kappa shape index (κ2) is 6.86. The van der Waals surface area contributed by atoms with Crippen molar-refractivity contribution in [2.75, 3.05) is 13.7 Å². The third-order valence-corrected chi connectivity index (χ3v) is 4.73. The van der Waals surface area contributed by atoms with Crippen LogP contribution in [0.25, 0.3) is 33.5 Å². The first-order valence-electron chi connectivity index (χ1n) is 9.09. The maximum Gasteiger partial charge on any atom is 0.323 e. The molecule has 0 aliphatic rings. The molecular formula is C20H18N6O3. The lowest BCUT2D eigenvalue weighted by molar-refractivity contribution is 0.281. The third-order valence-electron chi connectivity index (χ3n) is 4.73. The molecule has 29 heavy (non-hydrogen) atoms. The van der Waals surface area contributed by atoms with Gasteiger partial charge in [-0.2, -0.15) is 0 Å². The Morgan fingerprint density at radius 3 is 2.76 bits per heavy atom. The molecule has 0 aliphatic carbocycles. The number of aromatic nitrogens is 6. The maximum atomic E-state index is 11.5. The van der Waals surface area contributed by atoms with Gasteiger partial charge >= 0.3 is 5.69 Å². The van der Waals surface area contributed by atoms with Gasteiger partial charge in [0.05, 0.1) is 47.6 Å². The van der Waals surface area contributed by atoms with E-state index in [4.69, 9.17) is 14.5 Å². The van der Waals surface area contributed by atoms with Crippen molar-refractivity contribution in [1.29, 1.82) is 0 Å². The lowest BCUT2D eigenvalue weighted by atomic mass is 10.1. The van der Waals surface area contributed by atoms with Gasteiger partial charge in [-0.1, -0.05) is 6.07 Å². The van der Waals surface area contributed by atoms with Gasteiger partial charge in [0, 0.05) is 12.4 Å². The summed E-state index contributed by atoms with van der Waals surface area (Å²) in [5.74, 6) is 1.91. The Kier molecular flexibility index (Phi) is 4.05. The van der Waals surface area contributed by atoms with E-state index in [9.17, 15) is 4.79 Å². The van der Waals surface area contributed by atoms with Crippen molar-refractivity contribution in [3.05, 3.63) is 59.5 Å². The molecule has 3 heterocycles. The Balaban J connectivity index is 1.53. The summed E-state index contributed by atoms with van der Waals surface area (Å²) in [6.07, 6.45) is 5.37. The molecule has 0 fully saturated rings. The van der Waals surface area contributed by atoms with Gasteiger partial charge in [-0.3, -0.25) is 0 Å². The van der Waals surface area contributed by atoms with Crippen LogP contribution in [0.1, 0.15) is 0 Å². The van der Waals surface area contributed by atoms with Gasteiger partial charge in [-0.25, -0.2) is 14.8 Å². The number of imidazole rings is 3. The molecule has 0 unspecified atom stereocenters. The number of nitrogens with zero attached hydrogens (tertiary/aromatic N) is 3. The van der Waals surface area contributed by atoms with Crippen LogP contribution in [0.2, 0.25) is 0 Å². The van der Waals surface area contributed by atoms with Gasteiger partial charge in [0.1, 0.15) is 12.4 Å². The molecule has 0 amide bonds. The van der Waals surface area contributed by atoms with Crippen LogP contribution >= 0.6 is 0 Å². The lowest BCUT2D eigenvalue weighted by Gasteiger charge is -2.14. The number of aromatic amines is 3. The first-order chi connectivity index (χ1) is 14.2. The van der Waals surface area contributed by atoms with Crippen LogP contribution in [0.4, 0.5) is 0 Å². The fraction of sp³-hybridized carbons (Fsp3) is 0.150. The number of benzene rings is 2. The fourth-order valence-electron chi connectivity index (χ4n) is 3.35. The molecule has 0 bridgehead atoms. The Bertz CT molecular complexity index is 1290. The largest absolute Gasteiger partial charge is 0.493 e. The van der Waals surface area contributed by atoms with Crippen LogP contribution in [-0.2, 0) is 6.54 Å². The maximum absolute atomic E-state index is 11.5. The summed E-state index contributed by atoms with van der Waals surface area (Å²) < 4.78 is 13.5. The number of ether oxygens (including phenoxy) is 2. The van der Waals surface area contributed by atoms with Crippen molar-refractivity contribution in [1.82, 2.24) is 29.5 Å². The van der Waals surface area contributed by atoms with E-state index in [2.05, 4.69) is 19.9 Å². The summed E-state index contributed by atoms with van der Waals surface area (Å²) in [5, 5.41) is 0. The number of rotatable bonds is 6. The molecule has 146 valence electrons. The number of hydrogen-bond donors (Lipinski definition) is 3. The number of fused-ring (bicyclic) bond motifs is 2. The van der Waals surface area contributed by atoms with Crippen LogP contribution in [0.5, 0.6) is 11.5 Å². The summed E-state index contributed by atoms with van der Waals surface area (Å²) >= 11 is 0. The van der Waals surface area contributed by atoms with Crippen LogP contribution in [-0.4, -0.2) is 43.2 Å². The summed E-state index contributed by atoms with van der Waals surface area (Å²) in [6, 6.07) is 9.38. The van der Waals surface area contributed by atoms with Crippen molar-refractivity contribution in [3.63, 3.8) is 0 Å². The molecule has 0 spiro atoms. The summed E-state index contributed by atoms with van der Waals surface area (Å²) in [7, 11) is 1.61. The molecule has 5 rings (SSSR count). The molecule has 3 N–H and O–H groups in total. The van der Waals surface area contributed by atoms with Gasteiger partial charge in [0.15, 0.2) is 11.5 Å². The first-order valence-corrected chi connectivity index (χ1v) is 9.09. The number of para-hydroxylation sites is 1. The molecule has 9 nitrogen and oxygen atoms in total. The van der Waals surface area contributed by atoms with Gasteiger partial charge in [0.2, 0.25) is 0 Å². The van der Waals surface area contributed by atoms with Crippen molar-refractivity contribution < 1.29 is 9.47 Å². The van der Waals surface area contributed by atoms with E-state index in [1.54, 1.807) is 19.6 Å². The minimum atomic E-state index is -0.241. The van der Waals surface area contributed by atoms with E-state index in [1.165, 1.54) is 0 Å². The van der Waals surface area contributed by atoms with E-state index in [1.807, 2.05) is 41.1 Å².